The van der Waals surface area contributed by atoms with E-state index in [4.69, 9.17) is 9.47 Å². The van der Waals surface area contributed by atoms with Crippen molar-refractivity contribution in [1.29, 1.82) is 0 Å². The molecule has 0 heterocycles. The van der Waals surface area contributed by atoms with Gasteiger partial charge in [0.2, 0.25) is 0 Å². The van der Waals surface area contributed by atoms with Gasteiger partial charge in [-0.3, -0.25) is 4.79 Å². The van der Waals surface area contributed by atoms with Gasteiger partial charge in [-0.25, -0.2) is 0 Å². The number of methoxy groups -OCH3 is 1. The summed E-state index contributed by atoms with van der Waals surface area (Å²) in [4.78, 5) is 12.1. The Hall–Kier alpha value is -2.49. The fraction of sp³-hybridized carbons (Fsp3) is 0.316. The Labute approximate surface area is 137 Å². The second kappa shape index (κ2) is 8.22. The summed E-state index contributed by atoms with van der Waals surface area (Å²) in [5.41, 5.74) is 1.21. The maximum atomic E-state index is 12.1. The van der Waals surface area contributed by atoms with Crippen LogP contribution in [0.5, 0.6) is 11.5 Å². The van der Waals surface area contributed by atoms with Gasteiger partial charge < -0.3 is 14.8 Å². The molecule has 4 heteroatoms. The molecule has 0 unspecified atom stereocenters. The average molecular weight is 313 g/mol. The minimum Gasteiger partial charge on any atom is -0.497 e. The first-order valence-electron chi connectivity index (χ1n) is 7.73. The van der Waals surface area contributed by atoms with Crippen LogP contribution in [0.25, 0.3) is 0 Å². The third-order valence-electron chi connectivity index (χ3n) is 3.69. The van der Waals surface area contributed by atoms with E-state index in [-0.39, 0.29) is 11.8 Å². The molecule has 2 aromatic carbocycles. The first-order chi connectivity index (χ1) is 11.1. The van der Waals surface area contributed by atoms with Gasteiger partial charge in [-0.2, -0.15) is 0 Å². The summed E-state index contributed by atoms with van der Waals surface area (Å²) in [5.74, 6) is 1.53. The van der Waals surface area contributed by atoms with Crippen LogP contribution >= 0.6 is 0 Å². The van der Waals surface area contributed by atoms with Crippen LogP contribution in [0.2, 0.25) is 0 Å². The van der Waals surface area contributed by atoms with Crippen LogP contribution < -0.4 is 14.8 Å². The van der Waals surface area contributed by atoms with Gasteiger partial charge in [0.25, 0.3) is 5.91 Å². The minimum absolute atomic E-state index is 0.122. The van der Waals surface area contributed by atoms with E-state index in [1.165, 1.54) is 5.56 Å². The summed E-state index contributed by atoms with van der Waals surface area (Å²) in [6.07, 6.45) is -0.550. The number of hydrogen-bond donors (Lipinski definition) is 1. The van der Waals surface area contributed by atoms with Crippen molar-refractivity contribution in [3.8, 4) is 11.5 Å². The van der Waals surface area contributed by atoms with Crippen molar-refractivity contribution in [2.75, 3.05) is 13.7 Å². The molecule has 0 spiro atoms. The topological polar surface area (TPSA) is 47.6 Å². The Morgan fingerprint density at radius 2 is 1.61 bits per heavy atom. The molecule has 0 aliphatic carbocycles. The van der Waals surface area contributed by atoms with Crippen molar-refractivity contribution in [1.82, 2.24) is 5.32 Å². The quantitative estimate of drug-likeness (QED) is 0.852. The van der Waals surface area contributed by atoms with Crippen molar-refractivity contribution < 1.29 is 14.3 Å². The molecule has 0 fully saturated rings. The molecule has 2 atom stereocenters. The minimum atomic E-state index is -0.550. The molecule has 0 saturated carbocycles. The lowest BCUT2D eigenvalue weighted by Gasteiger charge is -2.17. The number of benzene rings is 2. The van der Waals surface area contributed by atoms with E-state index in [0.29, 0.717) is 12.3 Å². The molecule has 23 heavy (non-hydrogen) atoms. The van der Waals surface area contributed by atoms with Crippen molar-refractivity contribution >= 4 is 5.91 Å². The second-order valence-electron chi connectivity index (χ2n) is 5.49. The van der Waals surface area contributed by atoms with E-state index in [0.717, 1.165) is 5.75 Å². The van der Waals surface area contributed by atoms with E-state index >= 15 is 0 Å². The number of ether oxygens (including phenoxy) is 2. The summed E-state index contributed by atoms with van der Waals surface area (Å²) < 4.78 is 10.7. The summed E-state index contributed by atoms with van der Waals surface area (Å²) >= 11 is 0. The van der Waals surface area contributed by atoms with Crippen LogP contribution in [0.3, 0.4) is 0 Å². The highest BCUT2D eigenvalue weighted by Crippen LogP contribution is 2.18. The van der Waals surface area contributed by atoms with E-state index in [9.17, 15) is 4.79 Å². The Bertz CT molecular complexity index is 610. The Morgan fingerprint density at radius 1 is 1.00 bits per heavy atom. The average Bonchev–Trinajstić information content (AvgIpc) is 2.60. The molecular formula is C19H23NO3. The molecule has 0 radical (unpaired) electrons. The van der Waals surface area contributed by atoms with Crippen molar-refractivity contribution in [2.24, 2.45) is 0 Å². The van der Waals surface area contributed by atoms with Gasteiger partial charge in [-0.1, -0.05) is 37.3 Å². The lowest BCUT2D eigenvalue weighted by molar-refractivity contribution is -0.127. The normalized spacial score (nSPS) is 13.0. The standard InChI is InChI=1S/C19H23NO3/c1-14(16-7-5-4-6-8-16)13-20-19(21)15(2)23-18-11-9-17(22-3)10-12-18/h4-12,14-15H,13H2,1-3H3,(H,20,21)/t14-,15-/m0/s1. The summed E-state index contributed by atoms with van der Waals surface area (Å²) in [6.45, 7) is 4.41. The highest BCUT2D eigenvalue weighted by Gasteiger charge is 2.15. The first kappa shape index (κ1) is 16.9. The summed E-state index contributed by atoms with van der Waals surface area (Å²) in [7, 11) is 1.61. The van der Waals surface area contributed by atoms with E-state index in [1.54, 1.807) is 38.3 Å². The lowest BCUT2D eigenvalue weighted by atomic mass is 10.0. The largest absolute Gasteiger partial charge is 0.497 e. The number of carbonyl (C=O) groups excluding carboxylic acids is 1. The second-order valence-corrected chi connectivity index (χ2v) is 5.49. The van der Waals surface area contributed by atoms with Crippen LogP contribution in [0.4, 0.5) is 0 Å². The number of hydrogen-bond acceptors (Lipinski definition) is 3. The monoisotopic (exact) mass is 313 g/mol. The van der Waals surface area contributed by atoms with Crippen LogP contribution in [0, 0.1) is 0 Å². The maximum absolute atomic E-state index is 12.1. The molecule has 2 rings (SSSR count). The molecule has 1 amide bonds. The Kier molecular flexibility index (Phi) is 6.03. The fourth-order valence-electron chi connectivity index (χ4n) is 2.21. The zero-order valence-corrected chi connectivity index (χ0v) is 13.8. The molecule has 0 bridgehead atoms. The van der Waals surface area contributed by atoms with Gasteiger partial charge in [-0.05, 0) is 42.7 Å². The van der Waals surface area contributed by atoms with Gasteiger partial charge in [-0.15, -0.1) is 0 Å². The predicted molar refractivity (Wildman–Crippen MR) is 91.0 cm³/mol. The third-order valence-corrected chi connectivity index (χ3v) is 3.69. The number of nitrogens with one attached hydrogen (secondary N) is 1. The van der Waals surface area contributed by atoms with Crippen molar-refractivity contribution in [3.63, 3.8) is 0 Å². The van der Waals surface area contributed by atoms with Crippen LogP contribution in [0.15, 0.2) is 54.6 Å². The lowest BCUT2D eigenvalue weighted by Crippen LogP contribution is -2.38. The Morgan fingerprint density at radius 3 is 2.22 bits per heavy atom. The number of rotatable bonds is 7. The molecule has 4 nitrogen and oxygen atoms in total. The molecule has 0 aliphatic rings. The van der Waals surface area contributed by atoms with Gasteiger partial charge in [0.15, 0.2) is 6.10 Å². The van der Waals surface area contributed by atoms with Crippen LogP contribution in [-0.4, -0.2) is 25.7 Å². The molecule has 1 N–H and O–H groups in total. The smallest absolute Gasteiger partial charge is 0.260 e. The number of amides is 1. The third kappa shape index (κ3) is 5.02. The van der Waals surface area contributed by atoms with Gasteiger partial charge in [0.1, 0.15) is 11.5 Å². The summed E-state index contributed by atoms with van der Waals surface area (Å²) in [5, 5.41) is 2.93. The predicted octanol–water partition coefficient (Wildman–Crippen LogP) is 3.38. The molecule has 2 aromatic rings. The molecule has 0 aliphatic heterocycles. The summed E-state index contributed by atoms with van der Waals surface area (Å²) in [6, 6.07) is 17.3. The van der Waals surface area contributed by atoms with Crippen molar-refractivity contribution in [3.05, 3.63) is 60.2 Å². The fourth-order valence-corrected chi connectivity index (χ4v) is 2.21. The molecule has 122 valence electrons. The zero-order chi connectivity index (χ0) is 16.7. The van der Waals surface area contributed by atoms with E-state index in [2.05, 4.69) is 24.4 Å². The molecule has 0 saturated heterocycles. The zero-order valence-electron chi connectivity index (χ0n) is 13.8. The van der Waals surface area contributed by atoms with Gasteiger partial charge in [0, 0.05) is 6.54 Å². The van der Waals surface area contributed by atoms with Crippen molar-refractivity contribution in [2.45, 2.75) is 25.9 Å². The van der Waals surface area contributed by atoms with Crippen LogP contribution in [0.1, 0.15) is 25.3 Å². The van der Waals surface area contributed by atoms with Gasteiger partial charge in [0.05, 0.1) is 7.11 Å². The molecule has 0 aromatic heterocycles. The number of carbonyl (C=O) groups is 1. The molecular weight excluding hydrogens is 290 g/mol. The van der Waals surface area contributed by atoms with Gasteiger partial charge >= 0.3 is 0 Å². The highest BCUT2D eigenvalue weighted by atomic mass is 16.5. The SMILES string of the molecule is COc1ccc(O[C@@H](C)C(=O)NC[C@H](C)c2ccccc2)cc1. The maximum Gasteiger partial charge on any atom is 0.260 e. The first-order valence-corrected chi connectivity index (χ1v) is 7.73. The highest BCUT2D eigenvalue weighted by molar-refractivity contribution is 5.80. The Balaban J connectivity index is 1.82. The van der Waals surface area contributed by atoms with E-state index < -0.39 is 6.10 Å². The van der Waals surface area contributed by atoms with E-state index in [1.807, 2.05) is 18.2 Å². The van der Waals surface area contributed by atoms with Crippen LogP contribution in [-0.2, 0) is 4.79 Å².